The standard InChI is InChI=1S/C12H18N2O/c1-5-10-6-9(2)7-11(8-10)14(4)12(15)13-3/h6-8H,3,5,13H2,1-2,4H3. The Bertz CT molecular complexity index is 361. The molecule has 0 aliphatic rings. The van der Waals surface area contributed by atoms with E-state index in [4.69, 9.17) is 0 Å². The molecule has 1 aromatic rings. The molecule has 0 atom stereocenters. The summed E-state index contributed by atoms with van der Waals surface area (Å²) in [4.78, 5) is 13.0. The number of carbonyl (C=O) groups is 1. The fourth-order valence-electron chi connectivity index (χ4n) is 1.50. The van der Waals surface area contributed by atoms with Crippen LogP contribution in [0.2, 0.25) is 0 Å². The Morgan fingerprint density at radius 2 is 2.13 bits per heavy atom. The molecule has 0 aliphatic heterocycles. The van der Waals surface area contributed by atoms with E-state index in [9.17, 15) is 4.79 Å². The van der Waals surface area contributed by atoms with Crippen LogP contribution in [0.25, 0.3) is 0 Å². The molecule has 0 fully saturated rings. The van der Waals surface area contributed by atoms with Gasteiger partial charge in [-0.05, 0) is 36.6 Å². The zero-order chi connectivity index (χ0) is 11.4. The Morgan fingerprint density at radius 3 is 2.67 bits per heavy atom. The summed E-state index contributed by atoms with van der Waals surface area (Å²) in [6.45, 7) is 4.14. The summed E-state index contributed by atoms with van der Waals surface area (Å²) in [5.41, 5.74) is 3.35. The van der Waals surface area contributed by atoms with E-state index < -0.39 is 0 Å². The summed E-state index contributed by atoms with van der Waals surface area (Å²) in [6, 6.07) is 6.09. The summed E-state index contributed by atoms with van der Waals surface area (Å²) in [5, 5.41) is 1.33. The SMILES string of the molecule is [CH2-][NH2+]C(=O)N(C)c1cc(C)cc(CC)c1. The first kappa shape index (κ1) is 11.7. The smallest absolute Gasteiger partial charge is 0.393 e. The highest BCUT2D eigenvalue weighted by atomic mass is 16.2. The van der Waals surface area contributed by atoms with Crippen LogP contribution >= 0.6 is 0 Å². The van der Waals surface area contributed by atoms with E-state index in [2.05, 4.69) is 20.0 Å². The number of benzene rings is 1. The maximum Gasteiger partial charge on any atom is 0.393 e. The first-order valence-corrected chi connectivity index (χ1v) is 5.09. The van der Waals surface area contributed by atoms with Gasteiger partial charge in [0.2, 0.25) is 0 Å². The van der Waals surface area contributed by atoms with Gasteiger partial charge in [0.1, 0.15) is 0 Å². The topological polar surface area (TPSA) is 36.9 Å². The average molecular weight is 206 g/mol. The summed E-state index contributed by atoms with van der Waals surface area (Å²) in [5.74, 6) is 0. The number of primary amides is 1. The third kappa shape index (κ3) is 2.80. The van der Waals surface area contributed by atoms with Crippen molar-refractivity contribution in [1.29, 1.82) is 0 Å². The molecule has 3 nitrogen and oxygen atoms in total. The normalized spacial score (nSPS) is 10.1. The van der Waals surface area contributed by atoms with Crippen molar-refractivity contribution >= 4 is 11.7 Å². The van der Waals surface area contributed by atoms with Crippen molar-refractivity contribution in [2.75, 3.05) is 11.9 Å². The number of rotatable bonds is 2. The van der Waals surface area contributed by atoms with Gasteiger partial charge in [-0.15, -0.1) is 7.05 Å². The Hall–Kier alpha value is -1.35. The van der Waals surface area contributed by atoms with Gasteiger partial charge in [0.15, 0.2) is 0 Å². The van der Waals surface area contributed by atoms with Gasteiger partial charge >= 0.3 is 6.03 Å². The number of nitrogens with two attached hydrogens (primary N) is 1. The van der Waals surface area contributed by atoms with Crippen LogP contribution in [0.1, 0.15) is 18.1 Å². The molecule has 0 spiro atoms. The Labute approximate surface area is 91.1 Å². The molecule has 0 saturated heterocycles. The van der Waals surface area contributed by atoms with E-state index in [1.165, 1.54) is 16.4 Å². The van der Waals surface area contributed by atoms with Crippen molar-refractivity contribution in [2.24, 2.45) is 0 Å². The molecule has 0 saturated carbocycles. The predicted molar refractivity (Wildman–Crippen MR) is 61.6 cm³/mol. The molecule has 82 valence electrons. The first-order valence-electron chi connectivity index (χ1n) is 5.09. The highest BCUT2D eigenvalue weighted by Gasteiger charge is 2.11. The molecular weight excluding hydrogens is 188 g/mol. The quantitative estimate of drug-likeness (QED) is 0.731. The van der Waals surface area contributed by atoms with Crippen molar-refractivity contribution in [3.63, 3.8) is 0 Å². The summed E-state index contributed by atoms with van der Waals surface area (Å²) < 4.78 is 0. The van der Waals surface area contributed by atoms with Gasteiger partial charge in [0, 0.05) is 12.7 Å². The van der Waals surface area contributed by atoms with Crippen molar-refractivity contribution in [3.8, 4) is 0 Å². The number of amides is 2. The van der Waals surface area contributed by atoms with Gasteiger partial charge in [0.25, 0.3) is 0 Å². The summed E-state index contributed by atoms with van der Waals surface area (Å²) >= 11 is 0. The number of hydrogen-bond acceptors (Lipinski definition) is 1. The van der Waals surface area contributed by atoms with Crippen LogP contribution in [0.3, 0.4) is 0 Å². The van der Waals surface area contributed by atoms with Crippen LogP contribution in [-0.4, -0.2) is 13.1 Å². The van der Waals surface area contributed by atoms with E-state index in [0.717, 1.165) is 12.1 Å². The van der Waals surface area contributed by atoms with Crippen LogP contribution in [-0.2, 0) is 6.42 Å². The van der Waals surface area contributed by atoms with Crippen LogP contribution < -0.4 is 10.2 Å². The first-order chi connectivity index (χ1) is 7.08. The lowest BCUT2D eigenvalue weighted by Crippen LogP contribution is -2.84. The molecule has 1 aromatic carbocycles. The number of hydrogen-bond donors (Lipinski definition) is 1. The third-order valence-corrected chi connectivity index (χ3v) is 2.42. The van der Waals surface area contributed by atoms with Gasteiger partial charge in [-0.1, -0.05) is 13.0 Å². The minimum absolute atomic E-state index is 0.0809. The number of quaternary nitrogens is 1. The number of anilines is 1. The molecule has 2 N–H and O–H groups in total. The number of urea groups is 1. The Kier molecular flexibility index (Phi) is 3.86. The maximum absolute atomic E-state index is 11.4. The largest absolute Gasteiger partial charge is 0.394 e. The van der Waals surface area contributed by atoms with Crippen molar-refractivity contribution in [2.45, 2.75) is 20.3 Å². The number of carbonyl (C=O) groups excluding carboxylic acids is 1. The fraction of sp³-hybridized carbons (Fsp3) is 0.333. The molecule has 3 heteroatoms. The average Bonchev–Trinajstić information content (AvgIpc) is 2.26. The summed E-state index contributed by atoms with van der Waals surface area (Å²) in [7, 11) is 5.24. The lowest BCUT2D eigenvalue weighted by molar-refractivity contribution is -0.487. The second-order valence-corrected chi connectivity index (χ2v) is 3.63. The minimum atomic E-state index is -0.0809. The van der Waals surface area contributed by atoms with E-state index in [-0.39, 0.29) is 6.03 Å². The Morgan fingerprint density at radius 1 is 1.47 bits per heavy atom. The third-order valence-electron chi connectivity index (χ3n) is 2.42. The molecular formula is C12H18N2O. The zero-order valence-electron chi connectivity index (χ0n) is 9.58. The van der Waals surface area contributed by atoms with Crippen molar-refractivity contribution < 1.29 is 10.1 Å². The molecule has 0 heterocycles. The van der Waals surface area contributed by atoms with Crippen molar-refractivity contribution in [3.05, 3.63) is 36.4 Å². The summed E-state index contributed by atoms with van der Waals surface area (Å²) in [6.07, 6.45) is 0.977. The van der Waals surface area contributed by atoms with Gasteiger partial charge in [-0.3, -0.25) is 4.90 Å². The van der Waals surface area contributed by atoms with Crippen LogP contribution in [0.15, 0.2) is 18.2 Å². The zero-order valence-corrected chi connectivity index (χ0v) is 9.58. The van der Waals surface area contributed by atoms with E-state index in [1.807, 2.05) is 19.1 Å². The molecule has 0 aromatic heterocycles. The molecule has 0 radical (unpaired) electrons. The molecule has 0 unspecified atom stereocenters. The second kappa shape index (κ2) is 4.94. The van der Waals surface area contributed by atoms with E-state index in [0.29, 0.717) is 0 Å². The number of nitrogens with zero attached hydrogens (tertiary/aromatic N) is 1. The van der Waals surface area contributed by atoms with Gasteiger partial charge in [0.05, 0.1) is 0 Å². The molecule has 0 bridgehead atoms. The second-order valence-electron chi connectivity index (χ2n) is 3.63. The van der Waals surface area contributed by atoms with E-state index >= 15 is 0 Å². The minimum Gasteiger partial charge on any atom is -0.394 e. The fourth-order valence-corrected chi connectivity index (χ4v) is 1.50. The monoisotopic (exact) mass is 206 g/mol. The lowest BCUT2D eigenvalue weighted by atomic mass is 10.1. The molecule has 0 aliphatic carbocycles. The van der Waals surface area contributed by atoms with Crippen LogP contribution in [0.4, 0.5) is 10.5 Å². The predicted octanol–water partition coefficient (Wildman–Crippen LogP) is 1.47. The molecule has 1 rings (SSSR count). The maximum atomic E-state index is 11.4. The van der Waals surface area contributed by atoms with Crippen molar-refractivity contribution in [1.82, 2.24) is 0 Å². The van der Waals surface area contributed by atoms with Crippen LogP contribution in [0.5, 0.6) is 0 Å². The van der Waals surface area contributed by atoms with Gasteiger partial charge in [-0.25, -0.2) is 4.79 Å². The highest BCUT2D eigenvalue weighted by Crippen LogP contribution is 2.17. The van der Waals surface area contributed by atoms with E-state index in [1.54, 1.807) is 11.9 Å². The van der Waals surface area contributed by atoms with Gasteiger partial charge in [-0.2, -0.15) is 0 Å². The Balaban J connectivity index is 3.03. The molecule has 15 heavy (non-hydrogen) atoms. The highest BCUT2D eigenvalue weighted by molar-refractivity contribution is 5.84. The number of aryl methyl sites for hydroxylation is 2. The van der Waals surface area contributed by atoms with Gasteiger partial charge < -0.3 is 5.32 Å². The van der Waals surface area contributed by atoms with Crippen LogP contribution in [0, 0.1) is 14.0 Å². The molecule has 2 amide bonds. The lowest BCUT2D eigenvalue weighted by Gasteiger charge is -2.16.